The Kier molecular flexibility index (Phi) is 5.11. The number of fused-ring (bicyclic) bond motifs is 1. The zero-order valence-corrected chi connectivity index (χ0v) is 15.6. The van der Waals surface area contributed by atoms with Crippen molar-refractivity contribution in [2.24, 2.45) is 0 Å². The number of carboxylic acid groups (broad SMARTS) is 1. The maximum absolute atomic E-state index is 11.9. The van der Waals surface area contributed by atoms with E-state index in [1.165, 1.54) is 0 Å². The van der Waals surface area contributed by atoms with Gasteiger partial charge in [-0.1, -0.05) is 12.1 Å². The van der Waals surface area contributed by atoms with Gasteiger partial charge in [0.05, 0.1) is 5.52 Å². The summed E-state index contributed by atoms with van der Waals surface area (Å²) in [7, 11) is 0. The molecule has 0 bridgehead atoms. The molecule has 1 aromatic carbocycles. The first-order chi connectivity index (χ1) is 11.5. The predicted molar refractivity (Wildman–Crippen MR) is 97.3 cm³/mol. The molecule has 2 rings (SSSR count). The minimum atomic E-state index is -0.989. The van der Waals surface area contributed by atoms with Gasteiger partial charge in [-0.05, 0) is 58.7 Å². The molecule has 136 valence electrons. The second-order valence-corrected chi connectivity index (χ2v) is 7.38. The number of rotatable bonds is 4. The third-order valence-electron chi connectivity index (χ3n) is 4.13. The number of carbonyl (C=O) groups is 2. The van der Waals surface area contributed by atoms with Crippen molar-refractivity contribution in [3.8, 4) is 0 Å². The summed E-state index contributed by atoms with van der Waals surface area (Å²) in [5.74, 6) is -0.989. The average Bonchev–Trinajstić information content (AvgIpc) is 2.87. The quantitative estimate of drug-likeness (QED) is 0.875. The Morgan fingerprint density at radius 1 is 1.28 bits per heavy atom. The van der Waals surface area contributed by atoms with Crippen molar-refractivity contribution in [2.75, 3.05) is 6.54 Å². The molecule has 6 nitrogen and oxygen atoms in total. The zero-order valence-electron chi connectivity index (χ0n) is 15.6. The molecule has 2 N–H and O–H groups in total. The number of hydrogen-bond acceptors (Lipinski definition) is 3. The summed E-state index contributed by atoms with van der Waals surface area (Å²) >= 11 is 0. The highest BCUT2D eigenvalue weighted by Crippen LogP contribution is 2.28. The van der Waals surface area contributed by atoms with E-state index in [-0.39, 0.29) is 18.3 Å². The van der Waals surface area contributed by atoms with Crippen molar-refractivity contribution < 1.29 is 19.4 Å². The fourth-order valence-corrected chi connectivity index (χ4v) is 2.85. The first-order valence-electron chi connectivity index (χ1n) is 8.32. The van der Waals surface area contributed by atoms with E-state index in [2.05, 4.69) is 5.32 Å². The normalized spacial score (nSPS) is 12.9. The Morgan fingerprint density at radius 2 is 1.92 bits per heavy atom. The molecule has 0 aliphatic carbocycles. The SMILES string of the molecule is Cc1ccc2cc(C(=O)O)n([C@H](C)CNC(=O)OC(C)(C)C)c2c1C. The third-order valence-corrected chi connectivity index (χ3v) is 4.13. The van der Waals surface area contributed by atoms with Gasteiger partial charge in [-0.2, -0.15) is 0 Å². The number of nitrogens with zero attached hydrogens (tertiary/aromatic N) is 1. The molecule has 0 unspecified atom stereocenters. The van der Waals surface area contributed by atoms with Gasteiger partial charge in [-0.3, -0.25) is 0 Å². The molecule has 25 heavy (non-hydrogen) atoms. The standard InChI is InChI=1S/C19H26N2O4/c1-11-7-8-14-9-15(17(22)23)21(16(14)13(11)3)12(2)10-20-18(24)25-19(4,5)6/h7-9,12H,10H2,1-6H3,(H,20,24)(H,22,23)/t12-/m1/s1. The monoisotopic (exact) mass is 346 g/mol. The second-order valence-electron chi connectivity index (χ2n) is 7.38. The van der Waals surface area contributed by atoms with Crippen molar-refractivity contribution in [2.45, 2.75) is 53.2 Å². The van der Waals surface area contributed by atoms with E-state index in [4.69, 9.17) is 4.74 Å². The van der Waals surface area contributed by atoms with Gasteiger partial charge in [0, 0.05) is 18.0 Å². The molecule has 0 aliphatic heterocycles. The molecule has 2 aromatic rings. The van der Waals surface area contributed by atoms with Crippen LogP contribution in [0.25, 0.3) is 10.9 Å². The van der Waals surface area contributed by atoms with Crippen LogP contribution in [0, 0.1) is 13.8 Å². The number of nitrogens with one attached hydrogen (secondary N) is 1. The molecule has 1 heterocycles. The molecule has 0 radical (unpaired) electrons. The van der Waals surface area contributed by atoms with Crippen LogP contribution >= 0.6 is 0 Å². The smallest absolute Gasteiger partial charge is 0.407 e. The number of alkyl carbamates (subject to hydrolysis) is 1. The molecule has 1 amide bonds. The number of benzene rings is 1. The number of aromatic nitrogens is 1. The minimum Gasteiger partial charge on any atom is -0.477 e. The summed E-state index contributed by atoms with van der Waals surface area (Å²) in [5.41, 5.74) is 2.65. The van der Waals surface area contributed by atoms with Crippen molar-refractivity contribution in [1.82, 2.24) is 9.88 Å². The van der Waals surface area contributed by atoms with Crippen LogP contribution < -0.4 is 5.32 Å². The Bertz CT molecular complexity index is 815. The number of carboxylic acids is 1. The maximum Gasteiger partial charge on any atom is 0.407 e. The largest absolute Gasteiger partial charge is 0.477 e. The van der Waals surface area contributed by atoms with Gasteiger partial charge in [0.15, 0.2) is 0 Å². The number of aryl methyl sites for hydroxylation is 2. The van der Waals surface area contributed by atoms with Gasteiger partial charge in [-0.15, -0.1) is 0 Å². The average molecular weight is 346 g/mol. The van der Waals surface area contributed by atoms with Gasteiger partial charge in [0.1, 0.15) is 11.3 Å². The van der Waals surface area contributed by atoms with E-state index in [9.17, 15) is 14.7 Å². The predicted octanol–water partition coefficient (Wildman–Crippen LogP) is 4.04. The highest BCUT2D eigenvalue weighted by Gasteiger charge is 2.22. The summed E-state index contributed by atoms with van der Waals surface area (Å²) in [6.45, 7) is 11.5. The lowest BCUT2D eigenvalue weighted by molar-refractivity contribution is 0.0521. The molecule has 1 aromatic heterocycles. The van der Waals surface area contributed by atoms with E-state index in [1.54, 1.807) is 31.4 Å². The van der Waals surface area contributed by atoms with Crippen molar-refractivity contribution in [3.05, 3.63) is 35.0 Å². The van der Waals surface area contributed by atoms with Crippen molar-refractivity contribution >= 4 is 23.0 Å². The van der Waals surface area contributed by atoms with E-state index in [0.717, 1.165) is 22.0 Å². The topological polar surface area (TPSA) is 80.6 Å². The molecular formula is C19H26N2O4. The fourth-order valence-electron chi connectivity index (χ4n) is 2.85. The van der Waals surface area contributed by atoms with Crippen molar-refractivity contribution in [3.63, 3.8) is 0 Å². The summed E-state index contributed by atoms with van der Waals surface area (Å²) in [5, 5.41) is 13.2. The highest BCUT2D eigenvalue weighted by atomic mass is 16.6. The van der Waals surface area contributed by atoms with E-state index in [1.807, 2.05) is 32.9 Å². The summed E-state index contributed by atoms with van der Waals surface area (Å²) < 4.78 is 7.01. The Labute approximate surface area is 147 Å². The molecule has 1 atom stereocenters. The molecule has 6 heteroatoms. The van der Waals surface area contributed by atoms with E-state index in [0.29, 0.717) is 0 Å². The van der Waals surface area contributed by atoms with Gasteiger partial charge in [0.25, 0.3) is 0 Å². The molecule has 0 saturated heterocycles. The Balaban J connectivity index is 2.35. The van der Waals surface area contributed by atoms with Gasteiger partial charge < -0.3 is 19.7 Å². The van der Waals surface area contributed by atoms with Crippen LogP contribution in [0.4, 0.5) is 4.79 Å². The van der Waals surface area contributed by atoms with Crippen LogP contribution in [0.15, 0.2) is 18.2 Å². The lowest BCUT2D eigenvalue weighted by Gasteiger charge is -2.22. The Hall–Kier alpha value is -2.50. The fraction of sp³-hybridized carbons (Fsp3) is 0.474. The van der Waals surface area contributed by atoms with Gasteiger partial charge in [0.2, 0.25) is 0 Å². The maximum atomic E-state index is 11.9. The van der Waals surface area contributed by atoms with Gasteiger partial charge in [-0.25, -0.2) is 9.59 Å². The first-order valence-corrected chi connectivity index (χ1v) is 8.32. The van der Waals surface area contributed by atoms with Gasteiger partial charge >= 0.3 is 12.1 Å². The summed E-state index contributed by atoms with van der Waals surface area (Å²) in [4.78, 5) is 23.6. The lowest BCUT2D eigenvalue weighted by atomic mass is 10.1. The van der Waals surface area contributed by atoms with Crippen molar-refractivity contribution in [1.29, 1.82) is 0 Å². The van der Waals surface area contributed by atoms with Crippen LogP contribution in [-0.2, 0) is 4.74 Å². The molecule has 0 fully saturated rings. The third kappa shape index (κ3) is 4.13. The lowest BCUT2D eigenvalue weighted by Crippen LogP contribution is -2.35. The van der Waals surface area contributed by atoms with Crippen LogP contribution in [0.3, 0.4) is 0 Å². The van der Waals surface area contributed by atoms with Crippen LogP contribution in [0.2, 0.25) is 0 Å². The molecule has 0 saturated carbocycles. The summed E-state index contributed by atoms with van der Waals surface area (Å²) in [6.07, 6.45) is -0.513. The minimum absolute atomic E-state index is 0.210. The molecular weight excluding hydrogens is 320 g/mol. The second kappa shape index (κ2) is 6.78. The molecule has 0 aliphatic rings. The number of hydrogen-bond donors (Lipinski definition) is 2. The van der Waals surface area contributed by atoms with E-state index >= 15 is 0 Å². The number of ether oxygens (including phenoxy) is 1. The van der Waals surface area contributed by atoms with Crippen LogP contribution in [-0.4, -0.2) is 33.9 Å². The van der Waals surface area contributed by atoms with Crippen LogP contribution in [0.1, 0.15) is 55.4 Å². The van der Waals surface area contributed by atoms with Crippen LogP contribution in [0.5, 0.6) is 0 Å². The highest BCUT2D eigenvalue weighted by molar-refractivity contribution is 5.96. The number of aromatic carboxylic acids is 1. The summed E-state index contributed by atoms with van der Waals surface area (Å²) in [6, 6.07) is 5.34. The zero-order chi connectivity index (χ0) is 18.9. The first kappa shape index (κ1) is 18.8. The van der Waals surface area contributed by atoms with E-state index < -0.39 is 17.7 Å². The Morgan fingerprint density at radius 3 is 2.48 bits per heavy atom. The molecule has 0 spiro atoms. The number of amides is 1. The number of carbonyl (C=O) groups excluding carboxylic acids is 1.